The van der Waals surface area contributed by atoms with Gasteiger partial charge < -0.3 is 14.7 Å². The second-order valence-corrected chi connectivity index (χ2v) is 6.24. The van der Waals surface area contributed by atoms with Crippen LogP contribution in [0.2, 0.25) is 0 Å². The van der Waals surface area contributed by atoms with Gasteiger partial charge in [-0.05, 0) is 27.2 Å². The van der Waals surface area contributed by atoms with E-state index in [1.165, 1.54) is 4.90 Å². The van der Waals surface area contributed by atoms with Crippen LogP contribution >= 0.6 is 0 Å². The number of hydrogen-bond acceptors (Lipinski definition) is 5. The highest BCUT2D eigenvalue weighted by atomic mass is 19.3. The third-order valence-electron chi connectivity index (χ3n) is 3.30. The number of carboxylic acid groups (broad SMARTS) is 1. The van der Waals surface area contributed by atoms with E-state index in [9.17, 15) is 18.4 Å². The summed E-state index contributed by atoms with van der Waals surface area (Å²) in [5, 5.41) is 15.8. The molecule has 8 nitrogen and oxygen atoms in total. The number of aromatic carboxylic acids is 1. The summed E-state index contributed by atoms with van der Waals surface area (Å²) in [7, 11) is 0. The summed E-state index contributed by atoms with van der Waals surface area (Å²) in [6.45, 7) is 5.60. The first-order valence-electron chi connectivity index (χ1n) is 7.04. The second-order valence-electron chi connectivity index (χ2n) is 6.24. The third-order valence-corrected chi connectivity index (χ3v) is 3.30. The molecular weight excluding hydrogens is 314 g/mol. The lowest BCUT2D eigenvalue weighted by atomic mass is 10.2. The van der Waals surface area contributed by atoms with Crippen molar-refractivity contribution in [1.82, 2.24) is 19.9 Å². The normalized spacial score (nSPS) is 18.5. The minimum Gasteiger partial charge on any atom is -0.476 e. The van der Waals surface area contributed by atoms with E-state index in [1.807, 2.05) is 0 Å². The van der Waals surface area contributed by atoms with Crippen LogP contribution in [0.3, 0.4) is 0 Å². The molecule has 23 heavy (non-hydrogen) atoms. The van der Waals surface area contributed by atoms with Gasteiger partial charge in [0, 0.05) is 13.1 Å². The number of likely N-dealkylation sites (tertiary alicyclic amines) is 1. The molecule has 1 amide bonds. The number of nitrogens with zero attached hydrogens (tertiary/aromatic N) is 4. The average molecular weight is 332 g/mol. The van der Waals surface area contributed by atoms with Crippen molar-refractivity contribution in [1.29, 1.82) is 0 Å². The molecule has 1 atom stereocenters. The molecule has 1 aromatic rings. The molecular formula is C13H18F2N4O4. The van der Waals surface area contributed by atoms with E-state index in [4.69, 9.17) is 9.84 Å². The molecule has 128 valence electrons. The number of amides is 1. The summed E-state index contributed by atoms with van der Waals surface area (Å²) in [4.78, 5) is 24.3. The molecule has 1 N–H and O–H groups in total. The summed E-state index contributed by atoms with van der Waals surface area (Å²) in [5.41, 5.74) is -2.17. The molecule has 0 aromatic carbocycles. The number of carboxylic acids is 1. The molecule has 1 aliphatic rings. The fourth-order valence-corrected chi connectivity index (χ4v) is 2.36. The highest BCUT2D eigenvalue weighted by Crippen LogP contribution is 2.29. The SMILES string of the molecule is CC(C)(C)OC(=O)N1CC[C@H](n2nnc(C(=O)O)c2C(F)F)C1. The molecule has 1 aromatic heterocycles. The fourth-order valence-electron chi connectivity index (χ4n) is 2.36. The summed E-state index contributed by atoms with van der Waals surface area (Å²) < 4.78 is 32.4. The Morgan fingerprint density at radius 1 is 1.39 bits per heavy atom. The Labute approximate surface area is 131 Å². The first-order valence-corrected chi connectivity index (χ1v) is 7.04. The van der Waals surface area contributed by atoms with Gasteiger partial charge in [-0.15, -0.1) is 5.10 Å². The number of carbonyl (C=O) groups excluding carboxylic acids is 1. The minimum absolute atomic E-state index is 0.108. The van der Waals surface area contributed by atoms with Crippen LogP contribution in [0, 0.1) is 0 Å². The lowest BCUT2D eigenvalue weighted by molar-refractivity contribution is 0.0287. The van der Waals surface area contributed by atoms with Crippen molar-refractivity contribution in [3.8, 4) is 0 Å². The van der Waals surface area contributed by atoms with E-state index in [0.717, 1.165) is 4.68 Å². The van der Waals surface area contributed by atoms with E-state index in [0.29, 0.717) is 13.0 Å². The van der Waals surface area contributed by atoms with Gasteiger partial charge in [-0.3, -0.25) is 0 Å². The van der Waals surface area contributed by atoms with Crippen molar-refractivity contribution in [3.63, 3.8) is 0 Å². The maximum absolute atomic E-state index is 13.1. The molecule has 0 bridgehead atoms. The smallest absolute Gasteiger partial charge is 0.410 e. The van der Waals surface area contributed by atoms with E-state index in [1.54, 1.807) is 20.8 Å². The zero-order valence-electron chi connectivity index (χ0n) is 13.0. The average Bonchev–Trinajstić information content (AvgIpc) is 3.03. The number of aromatic nitrogens is 3. The summed E-state index contributed by atoms with van der Waals surface area (Å²) in [5.74, 6) is -1.56. The topological polar surface area (TPSA) is 97.5 Å². The van der Waals surface area contributed by atoms with Crippen LogP contribution < -0.4 is 0 Å². The standard InChI is InChI=1S/C13H18F2N4O4/c1-13(2,3)23-12(22)18-5-4-7(6-18)19-9(10(14)15)8(11(20)21)16-17-19/h7,10H,4-6H2,1-3H3,(H,20,21)/t7-/m0/s1. The number of carbonyl (C=O) groups is 2. The maximum Gasteiger partial charge on any atom is 0.410 e. The molecule has 2 heterocycles. The van der Waals surface area contributed by atoms with Crippen molar-refractivity contribution in [2.75, 3.05) is 13.1 Å². The Bertz CT molecular complexity index is 612. The van der Waals surface area contributed by atoms with Crippen LogP contribution in [0.1, 0.15) is 55.8 Å². The number of alkyl halides is 2. The lowest BCUT2D eigenvalue weighted by Crippen LogP contribution is -2.35. The van der Waals surface area contributed by atoms with Gasteiger partial charge in [-0.1, -0.05) is 5.21 Å². The zero-order valence-corrected chi connectivity index (χ0v) is 13.0. The predicted octanol–water partition coefficient (Wildman–Crippen LogP) is 2.10. The molecule has 0 aliphatic carbocycles. The molecule has 1 aliphatic heterocycles. The van der Waals surface area contributed by atoms with Crippen LogP contribution in [-0.4, -0.2) is 55.8 Å². The highest BCUT2D eigenvalue weighted by molar-refractivity contribution is 5.86. The molecule has 0 saturated carbocycles. The molecule has 1 saturated heterocycles. The van der Waals surface area contributed by atoms with Crippen molar-refractivity contribution >= 4 is 12.1 Å². The lowest BCUT2D eigenvalue weighted by Gasteiger charge is -2.24. The largest absolute Gasteiger partial charge is 0.476 e. The number of rotatable bonds is 3. The van der Waals surface area contributed by atoms with Gasteiger partial charge in [-0.2, -0.15) is 0 Å². The second kappa shape index (κ2) is 6.09. The number of hydrogen-bond donors (Lipinski definition) is 1. The first kappa shape index (κ1) is 17.1. The Kier molecular flexibility index (Phi) is 4.53. The summed E-state index contributed by atoms with van der Waals surface area (Å²) >= 11 is 0. The summed E-state index contributed by atoms with van der Waals surface area (Å²) in [6.07, 6.45) is -3.20. The van der Waals surface area contributed by atoms with Crippen molar-refractivity contribution in [2.24, 2.45) is 0 Å². The van der Waals surface area contributed by atoms with E-state index < -0.39 is 41.5 Å². The van der Waals surface area contributed by atoms with Gasteiger partial charge >= 0.3 is 12.1 Å². The molecule has 0 spiro atoms. The van der Waals surface area contributed by atoms with Gasteiger partial charge in [0.1, 0.15) is 11.3 Å². The maximum atomic E-state index is 13.1. The van der Waals surface area contributed by atoms with Crippen LogP contribution in [0.25, 0.3) is 0 Å². The van der Waals surface area contributed by atoms with Crippen molar-refractivity contribution in [2.45, 2.75) is 45.3 Å². The minimum atomic E-state index is -3.02. The Morgan fingerprint density at radius 3 is 2.57 bits per heavy atom. The number of halogens is 2. The van der Waals surface area contributed by atoms with Crippen LogP contribution in [0.4, 0.5) is 13.6 Å². The Morgan fingerprint density at radius 2 is 2.04 bits per heavy atom. The zero-order chi connectivity index (χ0) is 17.4. The van der Waals surface area contributed by atoms with Crippen LogP contribution in [0.5, 0.6) is 0 Å². The van der Waals surface area contributed by atoms with Gasteiger partial charge in [0.25, 0.3) is 6.43 Å². The van der Waals surface area contributed by atoms with Gasteiger partial charge in [-0.25, -0.2) is 23.1 Å². The predicted molar refractivity (Wildman–Crippen MR) is 73.4 cm³/mol. The fraction of sp³-hybridized carbons (Fsp3) is 0.692. The molecule has 2 rings (SSSR count). The highest BCUT2D eigenvalue weighted by Gasteiger charge is 2.35. The van der Waals surface area contributed by atoms with Crippen molar-refractivity contribution < 1.29 is 28.2 Å². The summed E-state index contributed by atoms with van der Waals surface area (Å²) in [6, 6.07) is -0.563. The quantitative estimate of drug-likeness (QED) is 0.910. The van der Waals surface area contributed by atoms with Crippen molar-refractivity contribution in [3.05, 3.63) is 11.4 Å². The third kappa shape index (κ3) is 3.74. The molecule has 0 radical (unpaired) electrons. The molecule has 1 fully saturated rings. The van der Waals surface area contributed by atoms with Gasteiger partial charge in [0.15, 0.2) is 5.69 Å². The van der Waals surface area contributed by atoms with E-state index in [-0.39, 0.29) is 6.54 Å². The first-order chi connectivity index (χ1) is 10.6. The number of ether oxygens (including phenoxy) is 1. The Balaban J connectivity index is 2.16. The van der Waals surface area contributed by atoms with Gasteiger partial charge in [0.05, 0.1) is 6.04 Å². The van der Waals surface area contributed by atoms with Crippen LogP contribution in [0.15, 0.2) is 0 Å². The van der Waals surface area contributed by atoms with E-state index in [2.05, 4.69) is 10.3 Å². The Hall–Kier alpha value is -2.26. The van der Waals surface area contributed by atoms with Gasteiger partial charge in [0.2, 0.25) is 0 Å². The molecule has 10 heteroatoms. The van der Waals surface area contributed by atoms with E-state index >= 15 is 0 Å². The molecule has 0 unspecified atom stereocenters. The van der Waals surface area contributed by atoms with Crippen LogP contribution in [-0.2, 0) is 4.74 Å². The monoisotopic (exact) mass is 332 g/mol.